The van der Waals surface area contributed by atoms with Gasteiger partial charge in [-0.15, -0.1) is 0 Å². The van der Waals surface area contributed by atoms with Gasteiger partial charge in [0.25, 0.3) is 5.91 Å². The predicted molar refractivity (Wildman–Crippen MR) is 137 cm³/mol. The van der Waals surface area contributed by atoms with E-state index in [1.54, 1.807) is 41.4 Å². The van der Waals surface area contributed by atoms with Crippen LogP contribution in [0.2, 0.25) is 0 Å². The van der Waals surface area contributed by atoms with E-state index in [-0.39, 0.29) is 18.2 Å². The predicted octanol–water partition coefficient (Wildman–Crippen LogP) is 3.19. The van der Waals surface area contributed by atoms with Gasteiger partial charge in [-0.2, -0.15) is 0 Å². The molecule has 4 heterocycles. The van der Waals surface area contributed by atoms with Crippen molar-refractivity contribution in [2.24, 2.45) is 7.05 Å². The van der Waals surface area contributed by atoms with Crippen molar-refractivity contribution >= 4 is 33.7 Å². The van der Waals surface area contributed by atoms with Crippen LogP contribution in [0.1, 0.15) is 18.4 Å². The Labute approximate surface area is 206 Å². The molecule has 10 heteroatoms. The molecule has 1 N–H and O–H groups in total. The van der Waals surface area contributed by atoms with Crippen LogP contribution in [0.15, 0.2) is 53.7 Å². The number of hydrogen-bond donors (Lipinski definition) is 1. The van der Waals surface area contributed by atoms with Crippen LogP contribution in [0.25, 0.3) is 38.8 Å². The molecule has 10 nitrogen and oxygen atoms in total. The SMILES string of the molecule is CCc1ncc(-c2ccc3ncc4c(c3c2)n(-c2ccc(NC(=O)COC)nc2C)c(=O)n4C)cn1. The first kappa shape index (κ1) is 23.3. The maximum absolute atomic E-state index is 13.4. The second-order valence-corrected chi connectivity index (χ2v) is 8.42. The number of imidazole rings is 1. The summed E-state index contributed by atoms with van der Waals surface area (Å²) in [5, 5.41) is 3.51. The van der Waals surface area contributed by atoms with Crippen LogP contribution in [0.4, 0.5) is 5.82 Å². The molecule has 182 valence electrons. The fourth-order valence-corrected chi connectivity index (χ4v) is 4.26. The molecule has 0 aliphatic heterocycles. The Morgan fingerprint density at radius 3 is 2.53 bits per heavy atom. The Bertz CT molecular complexity index is 1670. The van der Waals surface area contributed by atoms with Crippen LogP contribution in [0, 0.1) is 6.92 Å². The summed E-state index contributed by atoms with van der Waals surface area (Å²) < 4.78 is 8.07. The lowest BCUT2D eigenvalue weighted by molar-refractivity contribution is -0.119. The number of benzene rings is 1. The van der Waals surface area contributed by atoms with E-state index in [4.69, 9.17) is 4.74 Å². The number of aromatic nitrogens is 6. The Balaban J connectivity index is 1.70. The van der Waals surface area contributed by atoms with Crippen molar-refractivity contribution in [3.05, 3.63) is 70.9 Å². The van der Waals surface area contributed by atoms with Gasteiger partial charge in [0.2, 0.25) is 0 Å². The minimum atomic E-state index is -0.306. The van der Waals surface area contributed by atoms with E-state index < -0.39 is 0 Å². The Kier molecular flexibility index (Phi) is 6.03. The average molecular weight is 484 g/mol. The number of methoxy groups -OCH3 is 1. The minimum Gasteiger partial charge on any atom is -0.375 e. The largest absolute Gasteiger partial charge is 0.375 e. The zero-order valence-electron chi connectivity index (χ0n) is 20.4. The van der Waals surface area contributed by atoms with Gasteiger partial charge < -0.3 is 10.1 Å². The van der Waals surface area contributed by atoms with Gasteiger partial charge >= 0.3 is 5.69 Å². The van der Waals surface area contributed by atoms with Crippen LogP contribution in [-0.2, 0) is 23.0 Å². The van der Waals surface area contributed by atoms with Gasteiger partial charge in [0.1, 0.15) is 18.2 Å². The molecule has 36 heavy (non-hydrogen) atoms. The molecule has 0 saturated heterocycles. The highest BCUT2D eigenvalue weighted by molar-refractivity contribution is 6.04. The van der Waals surface area contributed by atoms with Crippen molar-refractivity contribution in [3.63, 3.8) is 0 Å². The highest BCUT2D eigenvalue weighted by Crippen LogP contribution is 2.30. The molecule has 1 aromatic carbocycles. The fraction of sp³-hybridized carbons (Fsp3) is 0.231. The van der Waals surface area contributed by atoms with Gasteiger partial charge in [-0.1, -0.05) is 13.0 Å². The first-order valence-corrected chi connectivity index (χ1v) is 11.5. The third-order valence-electron chi connectivity index (χ3n) is 6.08. The molecular formula is C26H25N7O3. The van der Waals surface area contributed by atoms with E-state index in [9.17, 15) is 9.59 Å². The standard InChI is InChI=1S/C26H25N7O3/c1-5-22-28-11-17(12-29-22)16-6-7-19-18(10-16)25-21(13-27-19)32(3)26(35)33(25)20-8-9-23(30-15(20)2)31-24(34)14-36-4/h6-13H,5,14H2,1-4H3,(H,30,31,34). The third kappa shape index (κ3) is 4.01. The Morgan fingerprint density at radius 1 is 1.06 bits per heavy atom. The zero-order chi connectivity index (χ0) is 25.4. The molecule has 0 bridgehead atoms. The van der Waals surface area contributed by atoms with Gasteiger partial charge in [-0.25, -0.2) is 19.7 Å². The first-order chi connectivity index (χ1) is 17.4. The highest BCUT2D eigenvalue weighted by Gasteiger charge is 2.19. The van der Waals surface area contributed by atoms with E-state index >= 15 is 0 Å². The number of rotatable bonds is 6. The van der Waals surface area contributed by atoms with Crippen LogP contribution >= 0.6 is 0 Å². The number of nitrogens with zero attached hydrogens (tertiary/aromatic N) is 6. The Morgan fingerprint density at radius 2 is 1.83 bits per heavy atom. The number of amides is 1. The van der Waals surface area contributed by atoms with E-state index in [0.29, 0.717) is 22.7 Å². The number of carbonyl (C=O) groups excluding carboxylic acids is 1. The van der Waals surface area contributed by atoms with Crippen molar-refractivity contribution in [2.45, 2.75) is 20.3 Å². The minimum absolute atomic E-state index is 0.0706. The van der Waals surface area contributed by atoms with Crippen molar-refractivity contribution < 1.29 is 9.53 Å². The summed E-state index contributed by atoms with van der Waals surface area (Å²) >= 11 is 0. The van der Waals surface area contributed by atoms with Crippen molar-refractivity contribution in [3.8, 4) is 16.8 Å². The first-order valence-electron chi connectivity index (χ1n) is 11.5. The summed E-state index contributed by atoms with van der Waals surface area (Å²) in [5.74, 6) is 0.862. The second kappa shape index (κ2) is 9.31. The summed E-state index contributed by atoms with van der Waals surface area (Å²) in [7, 11) is 3.17. The Hall–Kier alpha value is -4.44. The van der Waals surface area contributed by atoms with Crippen LogP contribution < -0.4 is 11.0 Å². The smallest absolute Gasteiger partial charge is 0.333 e. The summed E-state index contributed by atoms with van der Waals surface area (Å²) in [6.07, 6.45) is 6.09. The normalized spacial score (nSPS) is 11.3. The van der Waals surface area contributed by atoms with Gasteiger partial charge in [0, 0.05) is 43.9 Å². The number of carbonyl (C=O) groups is 1. The summed E-state index contributed by atoms with van der Waals surface area (Å²) in [5.41, 5.74) is 4.96. The number of aryl methyl sites for hydroxylation is 3. The average Bonchev–Trinajstić information content (AvgIpc) is 3.14. The maximum atomic E-state index is 13.4. The number of anilines is 1. The maximum Gasteiger partial charge on any atom is 0.333 e. The number of fused-ring (bicyclic) bond motifs is 3. The third-order valence-corrected chi connectivity index (χ3v) is 6.08. The zero-order valence-corrected chi connectivity index (χ0v) is 20.4. The van der Waals surface area contributed by atoms with E-state index in [1.165, 1.54) is 7.11 Å². The van der Waals surface area contributed by atoms with Crippen LogP contribution in [0.3, 0.4) is 0 Å². The van der Waals surface area contributed by atoms with Crippen molar-refractivity contribution in [1.82, 2.24) is 29.1 Å². The molecule has 5 aromatic rings. The lowest BCUT2D eigenvalue weighted by Gasteiger charge is -2.11. The number of ether oxygens (including phenoxy) is 1. The molecule has 5 rings (SSSR count). The molecule has 0 atom stereocenters. The quantitative estimate of drug-likeness (QED) is 0.394. The highest BCUT2D eigenvalue weighted by atomic mass is 16.5. The van der Waals surface area contributed by atoms with E-state index in [2.05, 4.69) is 25.3 Å². The number of hydrogen-bond acceptors (Lipinski definition) is 7. The number of nitrogens with one attached hydrogen (secondary N) is 1. The monoisotopic (exact) mass is 483 g/mol. The van der Waals surface area contributed by atoms with Crippen molar-refractivity contribution in [1.29, 1.82) is 0 Å². The van der Waals surface area contributed by atoms with Crippen LogP contribution in [0.5, 0.6) is 0 Å². The molecular weight excluding hydrogens is 458 g/mol. The molecule has 0 saturated carbocycles. The molecule has 0 unspecified atom stereocenters. The molecule has 0 aliphatic carbocycles. The molecule has 4 aromatic heterocycles. The topological polar surface area (TPSA) is 117 Å². The fourth-order valence-electron chi connectivity index (χ4n) is 4.26. The molecule has 0 radical (unpaired) electrons. The van der Waals surface area contributed by atoms with Gasteiger partial charge in [0.05, 0.1) is 34.1 Å². The second-order valence-electron chi connectivity index (χ2n) is 8.42. The summed E-state index contributed by atoms with van der Waals surface area (Å²) in [4.78, 5) is 43.2. The van der Waals surface area contributed by atoms with Gasteiger partial charge in [-0.05, 0) is 36.8 Å². The lowest BCUT2D eigenvalue weighted by atomic mass is 10.0. The molecule has 0 aliphatic rings. The van der Waals surface area contributed by atoms with E-state index in [1.807, 2.05) is 37.5 Å². The molecule has 0 spiro atoms. The van der Waals surface area contributed by atoms with E-state index in [0.717, 1.165) is 39.8 Å². The molecule has 0 fully saturated rings. The molecule has 1 amide bonds. The summed E-state index contributed by atoms with van der Waals surface area (Å²) in [6, 6.07) is 9.36. The lowest BCUT2D eigenvalue weighted by Crippen LogP contribution is -2.22. The van der Waals surface area contributed by atoms with Gasteiger partial charge in [0.15, 0.2) is 0 Å². The van der Waals surface area contributed by atoms with Gasteiger partial charge in [-0.3, -0.25) is 18.9 Å². The summed E-state index contributed by atoms with van der Waals surface area (Å²) in [6.45, 7) is 3.74. The van der Waals surface area contributed by atoms with Crippen LogP contribution in [-0.4, -0.2) is 48.7 Å². The number of pyridine rings is 2. The van der Waals surface area contributed by atoms with Crippen molar-refractivity contribution in [2.75, 3.05) is 19.0 Å².